The van der Waals surface area contributed by atoms with Gasteiger partial charge < -0.3 is 34.8 Å². The minimum atomic E-state index is -0.384. The summed E-state index contributed by atoms with van der Waals surface area (Å²) >= 11 is 0. The van der Waals surface area contributed by atoms with E-state index in [0.717, 1.165) is 61.9 Å². The van der Waals surface area contributed by atoms with Crippen LogP contribution in [-0.4, -0.2) is 92.4 Å². The summed E-state index contributed by atoms with van der Waals surface area (Å²) < 4.78 is 11.1. The number of likely N-dealkylation sites (N-methyl/N-ethyl adjacent to an activating group) is 1. The number of fused-ring (bicyclic) bond motifs is 1. The van der Waals surface area contributed by atoms with Crippen molar-refractivity contribution < 1.29 is 19.1 Å². The van der Waals surface area contributed by atoms with E-state index in [4.69, 9.17) is 14.5 Å². The van der Waals surface area contributed by atoms with E-state index in [2.05, 4.69) is 50.2 Å². The van der Waals surface area contributed by atoms with Crippen molar-refractivity contribution in [3.8, 4) is 5.75 Å². The van der Waals surface area contributed by atoms with Crippen molar-refractivity contribution in [1.29, 1.82) is 0 Å². The third-order valence-electron chi connectivity index (χ3n) is 8.55. The number of aromatic nitrogens is 2. The maximum atomic E-state index is 13.0. The van der Waals surface area contributed by atoms with Crippen LogP contribution >= 0.6 is 0 Å². The average molecular weight is 631 g/mol. The van der Waals surface area contributed by atoms with Gasteiger partial charge in [0.15, 0.2) is 5.82 Å². The molecule has 1 atom stereocenters. The van der Waals surface area contributed by atoms with E-state index in [1.807, 2.05) is 49.4 Å². The van der Waals surface area contributed by atoms with Crippen LogP contribution in [0.3, 0.4) is 0 Å². The molecule has 1 fully saturated rings. The topological polar surface area (TPSA) is 115 Å². The number of piperazine rings is 1. The molecule has 2 aliphatic heterocycles. The van der Waals surface area contributed by atoms with Crippen molar-refractivity contribution in [3.63, 3.8) is 0 Å². The Morgan fingerprint density at radius 1 is 1.09 bits per heavy atom. The number of carbonyl (C=O) groups is 2. The van der Waals surface area contributed by atoms with Crippen LogP contribution in [0.4, 0.5) is 33.6 Å². The van der Waals surface area contributed by atoms with Crippen LogP contribution in [0.2, 0.25) is 0 Å². The van der Waals surface area contributed by atoms with Crippen LogP contribution in [0.1, 0.15) is 39.2 Å². The second-order valence-electron chi connectivity index (χ2n) is 11.9. The Bertz CT molecular complexity index is 1480. The molecule has 46 heavy (non-hydrogen) atoms. The van der Waals surface area contributed by atoms with Crippen molar-refractivity contribution >= 4 is 40.8 Å². The Hall–Kier alpha value is -4.58. The molecule has 2 aromatic carbocycles. The number of rotatable bonds is 12. The number of carbonyl (C=O) groups excluding carboxylic acids is 2. The van der Waals surface area contributed by atoms with E-state index in [0.29, 0.717) is 30.4 Å². The van der Waals surface area contributed by atoms with E-state index in [1.54, 1.807) is 25.3 Å². The molecule has 3 aromatic rings. The lowest BCUT2D eigenvalue weighted by Gasteiger charge is -2.42. The van der Waals surface area contributed by atoms with Crippen LogP contribution in [0.25, 0.3) is 0 Å². The molecule has 0 saturated carbocycles. The van der Waals surface area contributed by atoms with E-state index < -0.39 is 0 Å². The normalized spacial score (nSPS) is 16.8. The molecule has 0 aliphatic carbocycles. The molecule has 1 aromatic heterocycles. The molecule has 2 amide bonds. The molecule has 0 bridgehead atoms. The first-order valence-electron chi connectivity index (χ1n) is 16.1. The number of hydrogen-bond acceptors (Lipinski definition) is 10. The van der Waals surface area contributed by atoms with Gasteiger partial charge in [-0.05, 0) is 50.9 Å². The number of methoxy groups -OCH3 is 1. The largest absolute Gasteiger partial charge is 0.494 e. The molecule has 12 heteroatoms. The minimum Gasteiger partial charge on any atom is -0.494 e. The lowest BCUT2D eigenvalue weighted by Crippen LogP contribution is -2.54. The fraction of sp³-hybridized carbons (Fsp3) is 0.471. The minimum absolute atomic E-state index is 0.0554. The fourth-order valence-electron chi connectivity index (χ4n) is 6.04. The lowest BCUT2D eigenvalue weighted by molar-refractivity contribution is -0.120. The molecule has 12 nitrogen and oxygen atoms in total. The average Bonchev–Trinajstić information content (AvgIpc) is 3.08. The first-order valence-corrected chi connectivity index (χ1v) is 16.1. The van der Waals surface area contributed by atoms with E-state index >= 15 is 0 Å². The Balaban J connectivity index is 1.13. The molecule has 1 unspecified atom stereocenters. The predicted molar refractivity (Wildman–Crippen MR) is 181 cm³/mol. The molecule has 2 aliphatic rings. The van der Waals surface area contributed by atoms with Crippen LogP contribution in [0.5, 0.6) is 5.75 Å². The first kappa shape index (κ1) is 32.8. The summed E-state index contributed by atoms with van der Waals surface area (Å²) in [6.07, 6.45) is 2.88. The fourth-order valence-corrected chi connectivity index (χ4v) is 6.04. The Morgan fingerprint density at radius 2 is 1.85 bits per heavy atom. The zero-order valence-electron chi connectivity index (χ0n) is 27.5. The van der Waals surface area contributed by atoms with Gasteiger partial charge in [-0.25, -0.2) is 9.78 Å². The van der Waals surface area contributed by atoms with Gasteiger partial charge in [-0.1, -0.05) is 37.3 Å². The Morgan fingerprint density at radius 3 is 2.54 bits per heavy atom. The molecule has 3 heterocycles. The first-order chi connectivity index (χ1) is 22.3. The number of nitrogens with one attached hydrogen (secondary N) is 2. The maximum Gasteiger partial charge on any atom is 0.407 e. The second-order valence-corrected chi connectivity index (χ2v) is 11.9. The molecule has 246 valence electrons. The predicted octanol–water partition coefficient (Wildman–Crippen LogP) is 4.64. The van der Waals surface area contributed by atoms with Gasteiger partial charge >= 0.3 is 6.09 Å². The summed E-state index contributed by atoms with van der Waals surface area (Å²) in [7, 11) is 3.44. The van der Waals surface area contributed by atoms with Gasteiger partial charge in [-0.15, -0.1) is 0 Å². The number of alkyl carbamates (subject to hydrolysis) is 1. The molecule has 2 N–H and O–H groups in total. The van der Waals surface area contributed by atoms with Gasteiger partial charge in [0, 0.05) is 57.6 Å². The highest BCUT2D eigenvalue weighted by Crippen LogP contribution is 2.37. The molecule has 0 spiro atoms. The molecule has 1 saturated heterocycles. The van der Waals surface area contributed by atoms with Crippen molar-refractivity contribution in [2.45, 2.75) is 52.3 Å². The Labute approximate surface area is 271 Å². The molecule has 0 radical (unpaired) electrons. The number of benzene rings is 2. The zero-order chi connectivity index (χ0) is 32.6. The summed E-state index contributed by atoms with van der Waals surface area (Å²) in [5.74, 6) is 1.94. The van der Waals surface area contributed by atoms with E-state index in [-0.39, 0.29) is 30.7 Å². The van der Waals surface area contributed by atoms with Crippen molar-refractivity contribution in [1.82, 2.24) is 20.2 Å². The van der Waals surface area contributed by atoms with Crippen LogP contribution < -0.4 is 30.1 Å². The number of anilines is 5. The van der Waals surface area contributed by atoms with Gasteiger partial charge in [-0.3, -0.25) is 9.69 Å². The zero-order valence-corrected chi connectivity index (χ0v) is 27.5. The third-order valence-corrected chi connectivity index (χ3v) is 8.55. The van der Waals surface area contributed by atoms with Gasteiger partial charge in [0.25, 0.3) is 0 Å². The monoisotopic (exact) mass is 630 g/mol. The number of amides is 2. The van der Waals surface area contributed by atoms with E-state index in [1.165, 1.54) is 0 Å². The standard InChI is InChI=1S/C34H46N8O4/c1-6-28-32(43)39(4)29-22-36-33(38-31(29)42(28)24(2)3)37-27-14-13-26(21-30(27)45-5)41-19-17-40(18-20-41)16-10-15-35-34(44)46-23-25-11-8-7-9-12-25/h7-9,11-14,21-22,24,28H,6,10,15-20,23H2,1-5H3,(H,35,44)(H,36,37,38). The molecular weight excluding hydrogens is 584 g/mol. The van der Waals surface area contributed by atoms with Crippen LogP contribution in [-0.2, 0) is 16.1 Å². The highest BCUT2D eigenvalue weighted by molar-refractivity contribution is 6.04. The number of nitrogens with zero attached hydrogens (tertiary/aromatic N) is 6. The summed E-state index contributed by atoms with van der Waals surface area (Å²) in [5, 5.41) is 6.19. The van der Waals surface area contributed by atoms with Crippen LogP contribution in [0, 0.1) is 0 Å². The van der Waals surface area contributed by atoms with Crippen molar-refractivity contribution in [2.75, 3.05) is 73.4 Å². The Kier molecular flexibility index (Phi) is 10.8. The van der Waals surface area contributed by atoms with Gasteiger partial charge in [-0.2, -0.15) is 4.98 Å². The third kappa shape index (κ3) is 7.61. The number of hydrogen-bond donors (Lipinski definition) is 2. The second kappa shape index (κ2) is 15.1. The SMILES string of the molecule is CCC1C(=O)N(C)c2cnc(Nc3ccc(N4CCN(CCCNC(=O)OCc5ccccc5)CC4)cc3OC)nc2N1C(C)C. The number of ether oxygens (including phenoxy) is 2. The van der Waals surface area contributed by atoms with Gasteiger partial charge in [0.2, 0.25) is 11.9 Å². The molecule has 5 rings (SSSR count). The summed E-state index contributed by atoms with van der Waals surface area (Å²) in [6.45, 7) is 11.6. The summed E-state index contributed by atoms with van der Waals surface area (Å²) in [6, 6.07) is 15.6. The quantitative estimate of drug-likeness (QED) is 0.275. The maximum absolute atomic E-state index is 13.0. The van der Waals surface area contributed by atoms with Crippen molar-refractivity contribution in [3.05, 3.63) is 60.3 Å². The van der Waals surface area contributed by atoms with Crippen molar-refractivity contribution in [2.24, 2.45) is 0 Å². The summed E-state index contributed by atoms with van der Waals surface area (Å²) in [4.78, 5) is 42.9. The van der Waals surface area contributed by atoms with Gasteiger partial charge in [0.1, 0.15) is 24.1 Å². The smallest absolute Gasteiger partial charge is 0.407 e. The molecular formula is C34H46N8O4. The van der Waals surface area contributed by atoms with Gasteiger partial charge in [0.05, 0.1) is 19.0 Å². The summed E-state index contributed by atoms with van der Waals surface area (Å²) in [5.41, 5.74) is 3.53. The van der Waals surface area contributed by atoms with E-state index in [9.17, 15) is 9.59 Å². The highest BCUT2D eigenvalue weighted by atomic mass is 16.5. The van der Waals surface area contributed by atoms with Crippen LogP contribution in [0.15, 0.2) is 54.7 Å². The lowest BCUT2D eigenvalue weighted by atomic mass is 10.1. The highest BCUT2D eigenvalue weighted by Gasteiger charge is 2.38.